The maximum absolute atomic E-state index is 3.59. The Morgan fingerprint density at radius 2 is 2.41 bits per heavy atom. The van der Waals surface area contributed by atoms with Gasteiger partial charge >= 0.3 is 0 Å². The quantitative estimate of drug-likeness (QED) is 0.887. The maximum atomic E-state index is 3.59. The lowest BCUT2D eigenvalue weighted by Crippen LogP contribution is -2.34. The molecule has 94 valence electrons. The van der Waals surface area contributed by atoms with Gasteiger partial charge in [-0.1, -0.05) is 6.92 Å². The van der Waals surface area contributed by atoms with Crippen LogP contribution < -0.4 is 5.32 Å². The lowest BCUT2D eigenvalue weighted by Gasteiger charge is -2.31. The molecule has 1 fully saturated rings. The first-order valence-electron chi connectivity index (χ1n) is 6.92. The van der Waals surface area contributed by atoms with Crippen molar-refractivity contribution in [2.75, 3.05) is 19.6 Å². The Labute approximate surface area is 108 Å². The zero-order chi connectivity index (χ0) is 11.7. The molecule has 1 saturated heterocycles. The third-order valence-corrected chi connectivity index (χ3v) is 5.17. The highest BCUT2D eigenvalue weighted by molar-refractivity contribution is 7.10. The Hall–Kier alpha value is -0.380. The Balaban J connectivity index is 1.71. The molecule has 1 N–H and O–H groups in total. The molecule has 0 amide bonds. The molecule has 2 nitrogen and oxygen atoms in total. The van der Waals surface area contributed by atoms with E-state index < -0.39 is 0 Å². The van der Waals surface area contributed by atoms with E-state index in [1.165, 1.54) is 38.8 Å². The maximum Gasteiger partial charge on any atom is 0.0359 e. The second-order valence-electron chi connectivity index (χ2n) is 5.25. The Bertz CT molecular complexity index is 374. The van der Waals surface area contributed by atoms with Crippen LogP contribution in [-0.4, -0.2) is 30.6 Å². The van der Waals surface area contributed by atoms with Crippen LogP contribution in [0.2, 0.25) is 0 Å². The van der Waals surface area contributed by atoms with Crippen molar-refractivity contribution in [3.8, 4) is 0 Å². The van der Waals surface area contributed by atoms with E-state index in [-0.39, 0.29) is 0 Å². The molecule has 2 aliphatic rings. The van der Waals surface area contributed by atoms with E-state index in [1.807, 2.05) is 11.3 Å². The standard InChI is InChI=1S/C14H22N2S/c1-2-15-11-6-8-16(10-11)13-4-3-5-14-12(13)7-9-17-14/h7,9,11,13,15H,2-6,8,10H2,1H3. The van der Waals surface area contributed by atoms with Crippen LogP contribution in [-0.2, 0) is 6.42 Å². The summed E-state index contributed by atoms with van der Waals surface area (Å²) in [6, 6.07) is 3.81. The van der Waals surface area contributed by atoms with E-state index in [0.717, 1.165) is 12.6 Å². The molecule has 0 aromatic carbocycles. The van der Waals surface area contributed by atoms with Crippen LogP contribution in [0.1, 0.15) is 42.7 Å². The van der Waals surface area contributed by atoms with E-state index in [2.05, 4.69) is 28.6 Å². The summed E-state index contributed by atoms with van der Waals surface area (Å²) in [6.45, 7) is 5.83. The van der Waals surface area contributed by atoms with Gasteiger partial charge in [-0.3, -0.25) is 4.90 Å². The first-order valence-corrected chi connectivity index (χ1v) is 7.80. The third-order valence-electron chi connectivity index (χ3n) is 4.17. The van der Waals surface area contributed by atoms with Crippen LogP contribution in [0.15, 0.2) is 11.4 Å². The second-order valence-corrected chi connectivity index (χ2v) is 6.25. The minimum atomic E-state index is 0.716. The normalized spacial score (nSPS) is 29.5. The number of thiophene rings is 1. The van der Waals surface area contributed by atoms with Gasteiger partial charge in [0.2, 0.25) is 0 Å². The largest absolute Gasteiger partial charge is 0.313 e. The number of rotatable bonds is 3. The summed E-state index contributed by atoms with van der Waals surface area (Å²) in [5.41, 5.74) is 1.64. The third kappa shape index (κ3) is 2.28. The number of nitrogens with one attached hydrogen (secondary N) is 1. The van der Waals surface area contributed by atoms with Crippen molar-refractivity contribution < 1.29 is 0 Å². The molecule has 1 aliphatic carbocycles. The van der Waals surface area contributed by atoms with Gasteiger partial charge in [0, 0.05) is 30.1 Å². The number of hydrogen-bond acceptors (Lipinski definition) is 3. The summed E-state index contributed by atoms with van der Waals surface area (Å²) in [5.74, 6) is 0. The van der Waals surface area contributed by atoms with E-state index in [1.54, 1.807) is 10.4 Å². The molecule has 2 unspecified atom stereocenters. The molecule has 0 bridgehead atoms. The fourth-order valence-corrected chi connectivity index (χ4v) is 4.35. The van der Waals surface area contributed by atoms with E-state index in [0.29, 0.717) is 6.04 Å². The number of aryl methyl sites for hydroxylation is 1. The molecule has 2 atom stereocenters. The van der Waals surface area contributed by atoms with E-state index >= 15 is 0 Å². The highest BCUT2D eigenvalue weighted by Gasteiger charge is 2.31. The molecule has 0 saturated carbocycles. The van der Waals surface area contributed by atoms with E-state index in [4.69, 9.17) is 0 Å². The minimum Gasteiger partial charge on any atom is -0.313 e. The summed E-state index contributed by atoms with van der Waals surface area (Å²) < 4.78 is 0. The number of likely N-dealkylation sites (N-methyl/N-ethyl adjacent to an activating group) is 1. The number of hydrogen-bond donors (Lipinski definition) is 1. The van der Waals surface area contributed by atoms with Crippen molar-refractivity contribution in [1.29, 1.82) is 0 Å². The highest BCUT2D eigenvalue weighted by atomic mass is 32.1. The molecular weight excluding hydrogens is 228 g/mol. The zero-order valence-corrected chi connectivity index (χ0v) is 11.4. The first-order chi connectivity index (χ1) is 8.38. The van der Waals surface area contributed by atoms with Crippen molar-refractivity contribution in [2.45, 2.75) is 44.7 Å². The molecule has 0 radical (unpaired) electrons. The molecule has 3 heteroatoms. The Morgan fingerprint density at radius 1 is 1.47 bits per heavy atom. The molecule has 1 aromatic rings. The van der Waals surface area contributed by atoms with Crippen molar-refractivity contribution in [1.82, 2.24) is 10.2 Å². The molecule has 1 aromatic heterocycles. The fourth-order valence-electron chi connectivity index (χ4n) is 3.37. The Morgan fingerprint density at radius 3 is 3.29 bits per heavy atom. The molecule has 0 spiro atoms. The zero-order valence-electron chi connectivity index (χ0n) is 10.6. The molecule has 1 aliphatic heterocycles. The Kier molecular flexibility index (Phi) is 3.50. The topological polar surface area (TPSA) is 15.3 Å². The average Bonchev–Trinajstić information content (AvgIpc) is 2.96. The summed E-state index contributed by atoms with van der Waals surface area (Å²) in [7, 11) is 0. The summed E-state index contributed by atoms with van der Waals surface area (Å²) >= 11 is 1.96. The summed E-state index contributed by atoms with van der Waals surface area (Å²) in [4.78, 5) is 4.35. The fraction of sp³-hybridized carbons (Fsp3) is 0.714. The summed E-state index contributed by atoms with van der Waals surface area (Å²) in [6.07, 6.45) is 5.38. The monoisotopic (exact) mass is 250 g/mol. The molecular formula is C14H22N2S. The smallest absolute Gasteiger partial charge is 0.0359 e. The minimum absolute atomic E-state index is 0.716. The molecule has 2 heterocycles. The van der Waals surface area contributed by atoms with Gasteiger partial charge in [0.05, 0.1) is 0 Å². The molecule has 3 rings (SSSR count). The lowest BCUT2D eigenvalue weighted by atomic mass is 9.93. The van der Waals surface area contributed by atoms with Crippen molar-refractivity contribution in [3.05, 3.63) is 21.9 Å². The van der Waals surface area contributed by atoms with Crippen LogP contribution in [0.4, 0.5) is 0 Å². The average molecular weight is 250 g/mol. The van der Waals surface area contributed by atoms with Crippen LogP contribution >= 0.6 is 11.3 Å². The SMILES string of the molecule is CCNC1CCN(C2CCCc3sccc32)C1. The number of likely N-dealkylation sites (tertiary alicyclic amines) is 1. The van der Waals surface area contributed by atoms with Gasteiger partial charge in [-0.2, -0.15) is 0 Å². The van der Waals surface area contributed by atoms with E-state index in [9.17, 15) is 0 Å². The van der Waals surface area contributed by atoms with Crippen LogP contribution in [0.25, 0.3) is 0 Å². The highest BCUT2D eigenvalue weighted by Crippen LogP contribution is 2.38. The number of fused-ring (bicyclic) bond motifs is 1. The van der Waals surface area contributed by atoms with Gasteiger partial charge in [0.1, 0.15) is 0 Å². The van der Waals surface area contributed by atoms with Gasteiger partial charge in [0.15, 0.2) is 0 Å². The second kappa shape index (κ2) is 5.09. The van der Waals surface area contributed by atoms with Crippen molar-refractivity contribution in [2.24, 2.45) is 0 Å². The first kappa shape index (κ1) is 11.7. The molecule has 17 heavy (non-hydrogen) atoms. The van der Waals surface area contributed by atoms with Gasteiger partial charge < -0.3 is 5.32 Å². The van der Waals surface area contributed by atoms with Crippen LogP contribution in [0, 0.1) is 0 Å². The van der Waals surface area contributed by atoms with Crippen LogP contribution in [0.5, 0.6) is 0 Å². The van der Waals surface area contributed by atoms with Gasteiger partial charge in [0.25, 0.3) is 0 Å². The predicted octanol–water partition coefficient (Wildman–Crippen LogP) is 2.81. The van der Waals surface area contributed by atoms with Crippen molar-refractivity contribution in [3.63, 3.8) is 0 Å². The number of nitrogens with zero attached hydrogens (tertiary/aromatic N) is 1. The van der Waals surface area contributed by atoms with Gasteiger partial charge in [-0.15, -0.1) is 11.3 Å². The predicted molar refractivity (Wildman–Crippen MR) is 73.7 cm³/mol. The lowest BCUT2D eigenvalue weighted by molar-refractivity contribution is 0.217. The van der Waals surface area contributed by atoms with Gasteiger partial charge in [-0.25, -0.2) is 0 Å². The van der Waals surface area contributed by atoms with Crippen LogP contribution in [0.3, 0.4) is 0 Å². The summed E-state index contributed by atoms with van der Waals surface area (Å²) in [5, 5.41) is 5.87. The van der Waals surface area contributed by atoms with Gasteiger partial charge in [-0.05, 0) is 49.2 Å². The van der Waals surface area contributed by atoms with Crippen molar-refractivity contribution >= 4 is 11.3 Å².